The molecule has 4 aromatic rings. The van der Waals surface area contributed by atoms with Gasteiger partial charge in [0.2, 0.25) is 0 Å². The zero-order valence-electron chi connectivity index (χ0n) is 16.4. The Bertz CT molecular complexity index is 1540. The van der Waals surface area contributed by atoms with Crippen molar-refractivity contribution >= 4 is 79.7 Å². The standard InChI is InChI=1S/C26H17BrN4.Al.3H/c27-17-3-1-16(2-4-17)25-14-24-13-22-8-7-20(29-22)11-18-5-6-19(28-18)12-21-9-10-23(30-21)15-26(25)31-24;;;;/h1-15,28,31H;;;;. The Morgan fingerprint density at radius 3 is 1.69 bits per heavy atom. The number of rotatable bonds is 1. The molecule has 0 spiro atoms. The van der Waals surface area contributed by atoms with E-state index in [4.69, 9.17) is 9.97 Å². The van der Waals surface area contributed by atoms with Crippen LogP contribution in [0.3, 0.4) is 0 Å². The monoisotopic (exact) mass is 494 g/mol. The summed E-state index contributed by atoms with van der Waals surface area (Å²) in [7, 11) is 0. The molecular formula is C26H20AlBrN4. The van der Waals surface area contributed by atoms with Crippen LogP contribution in [-0.2, 0) is 0 Å². The van der Waals surface area contributed by atoms with E-state index in [0.717, 1.165) is 60.4 Å². The Balaban J connectivity index is 0.00000216. The molecule has 2 N–H and O–H groups in total. The van der Waals surface area contributed by atoms with Gasteiger partial charge < -0.3 is 9.97 Å². The van der Waals surface area contributed by atoms with Gasteiger partial charge in [0, 0.05) is 32.1 Å². The van der Waals surface area contributed by atoms with Crippen LogP contribution in [0.15, 0.2) is 71.2 Å². The van der Waals surface area contributed by atoms with E-state index in [0.29, 0.717) is 0 Å². The van der Waals surface area contributed by atoms with E-state index in [1.807, 2.05) is 36.4 Å². The molecule has 154 valence electrons. The summed E-state index contributed by atoms with van der Waals surface area (Å²) in [6.45, 7) is 0. The summed E-state index contributed by atoms with van der Waals surface area (Å²) >= 11 is 3.53. The van der Waals surface area contributed by atoms with Crippen molar-refractivity contribution in [2.24, 2.45) is 0 Å². The molecule has 4 nitrogen and oxygen atoms in total. The zero-order valence-corrected chi connectivity index (χ0v) is 18.0. The normalized spacial score (nSPS) is 12.0. The molecule has 0 radical (unpaired) electrons. The van der Waals surface area contributed by atoms with Crippen LogP contribution < -0.4 is 0 Å². The SMILES string of the molecule is Brc1ccc(-c2cc3cc4nc(cc5ccc(cc6nc(cc2[nH]3)C=C6)[nH]5)C=C4)cc1.[AlH3]. The number of aromatic nitrogens is 4. The lowest BCUT2D eigenvalue weighted by Crippen LogP contribution is -1.77. The Hall–Kier alpha value is -3.17. The number of hydrogen-bond donors (Lipinski definition) is 2. The molecule has 0 aliphatic carbocycles. The third kappa shape index (κ3) is 4.13. The van der Waals surface area contributed by atoms with E-state index in [1.165, 1.54) is 0 Å². The van der Waals surface area contributed by atoms with E-state index in [-0.39, 0.29) is 17.4 Å². The minimum atomic E-state index is 0. The lowest BCUT2D eigenvalue weighted by Gasteiger charge is -1.99. The Morgan fingerprint density at radius 2 is 1.09 bits per heavy atom. The molecule has 0 amide bonds. The molecule has 0 saturated heterocycles. The van der Waals surface area contributed by atoms with E-state index >= 15 is 0 Å². The van der Waals surface area contributed by atoms with E-state index < -0.39 is 0 Å². The number of fused-ring (bicyclic) bond motifs is 8. The highest BCUT2D eigenvalue weighted by Crippen LogP contribution is 2.28. The average molecular weight is 495 g/mol. The lowest BCUT2D eigenvalue weighted by atomic mass is 10.1. The van der Waals surface area contributed by atoms with Gasteiger partial charge in [0.25, 0.3) is 0 Å². The molecule has 0 fully saturated rings. The molecule has 5 heterocycles. The molecule has 0 unspecified atom stereocenters. The van der Waals surface area contributed by atoms with Crippen LogP contribution in [0.2, 0.25) is 0 Å². The largest absolute Gasteiger partial charge is 0.355 e. The predicted molar refractivity (Wildman–Crippen MR) is 142 cm³/mol. The van der Waals surface area contributed by atoms with E-state index in [9.17, 15) is 0 Å². The zero-order chi connectivity index (χ0) is 20.8. The molecule has 1 aromatic carbocycles. The van der Waals surface area contributed by atoms with Crippen molar-refractivity contribution in [2.45, 2.75) is 0 Å². The molecule has 6 heteroatoms. The first-order valence-electron chi connectivity index (χ1n) is 10.0. The number of hydrogen-bond acceptors (Lipinski definition) is 2. The van der Waals surface area contributed by atoms with Crippen molar-refractivity contribution in [1.82, 2.24) is 19.9 Å². The van der Waals surface area contributed by atoms with Crippen molar-refractivity contribution < 1.29 is 0 Å². The van der Waals surface area contributed by atoms with Crippen LogP contribution in [0.4, 0.5) is 0 Å². The van der Waals surface area contributed by atoms with Gasteiger partial charge in [-0.05, 0) is 84.5 Å². The molecule has 0 saturated carbocycles. The van der Waals surface area contributed by atoms with E-state index in [2.05, 4.69) is 80.5 Å². The summed E-state index contributed by atoms with van der Waals surface area (Å²) in [6.07, 6.45) is 8.15. The number of benzene rings is 1. The molecule has 2 aliphatic heterocycles. The average Bonchev–Trinajstić information content (AvgIpc) is 3.54. The fourth-order valence-electron chi connectivity index (χ4n) is 3.89. The summed E-state index contributed by atoms with van der Waals surface area (Å²) < 4.78 is 1.06. The summed E-state index contributed by atoms with van der Waals surface area (Å²) in [5.41, 5.74) is 9.99. The van der Waals surface area contributed by atoms with Gasteiger partial charge in [-0.25, -0.2) is 9.97 Å². The Kier molecular flexibility index (Phi) is 5.44. The van der Waals surface area contributed by atoms with Gasteiger partial charge in [0.15, 0.2) is 17.4 Å². The summed E-state index contributed by atoms with van der Waals surface area (Å²) in [6, 6.07) is 22.9. The van der Waals surface area contributed by atoms with Crippen LogP contribution in [-0.4, -0.2) is 37.3 Å². The number of halogens is 1. The second-order valence-electron chi connectivity index (χ2n) is 7.60. The first kappa shape index (κ1) is 20.7. The van der Waals surface area contributed by atoms with Crippen molar-refractivity contribution in [3.8, 4) is 11.1 Å². The number of nitrogens with one attached hydrogen (secondary N) is 2. The maximum atomic E-state index is 4.78. The minimum Gasteiger partial charge on any atom is -0.355 e. The topological polar surface area (TPSA) is 57.4 Å². The number of aromatic amines is 2. The van der Waals surface area contributed by atoms with Crippen molar-refractivity contribution in [3.05, 3.63) is 94.0 Å². The highest BCUT2D eigenvalue weighted by atomic mass is 79.9. The highest BCUT2D eigenvalue weighted by Gasteiger charge is 2.07. The van der Waals surface area contributed by atoms with Gasteiger partial charge in [-0.2, -0.15) is 0 Å². The Morgan fingerprint density at radius 1 is 0.562 bits per heavy atom. The van der Waals surface area contributed by atoms with Gasteiger partial charge in [0.05, 0.1) is 22.8 Å². The van der Waals surface area contributed by atoms with Gasteiger partial charge in [-0.15, -0.1) is 0 Å². The molecule has 2 aliphatic rings. The van der Waals surface area contributed by atoms with Crippen molar-refractivity contribution in [1.29, 1.82) is 0 Å². The predicted octanol–water partition coefficient (Wildman–Crippen LogP) is 5.90. The first-order valence-corrected chi connectivity index (χ1v) is 10.8. The number of H-pyrrole nitrogens is 2. The van der Waals surface area contributed by atoms with Gasteiger partial charge in [-0.3, -0.25) is 0 Å². The highest BCUT2D eigenvalue weighted by molar-refractivity contribution is 9.10. The molecule has 0 atom stereocenters. The first-order chi connectivity index (χ1) is 15.2. The third-order valence-electron chi connectivity index (χ3n) is 5.32. The molecule has 32 heavy (non-hydrogen) atoms. The minimum absolute atomic E-state index is 0. The van der Waals surface area contributed by atoms with Crippen molar-refractivity contribution in [2.75, 3.05) is 0 Å². The Labute approximate surface area is 204 Å². The van der Waals surface area contributed by atoms with E-state index in [1.54, 1.807) is 0 Å². The van der Waals surface area contributed by atoms with Gasteiger partial charge in [-0.1, -0.05) is 28.1 Å². The molecular weight excluding hydrogens is 475 g/mol. The van der Waals surface area contributed by atoms with Crippen LogP contribution in [0.25, 0.3) is 57.5 Å². The summed E-state index contributed by atoms with van der Waals surface area (Å²) in [5, 5.41) is 0. The van der Waals surface area contributed by atoms with Crippen LogP contribution in [0.5, 0.6) is 0 Å². The third-order valence-corrected chi connectivity index (χ3v) is 5.85. The van der Waals surface area contributed by atoms with Gasteiger partial charge >= 0.3 is 0 Å². The molecule has 8 bridgehead atoms. The van der Waals surface area contributed by atoms with Crippen molar-refractivity contribution in [3.63, 3.8) is 0 Å². The summed E-state index contributed by atoms with van der Waals surface area (Å²) in [4.78, 5) is 16.5. The number of nitrogens with zero attached hydrogens (tertiary/aromatic N) is 2. The van der Waals surface area contributed by atoms with Crippen LogP contribution >= 0.6 is 15.9 Å². The summed E-state index contributed by atoms with van der Waals surface area (Å²) in [5.74, 6) is 0. The quantitative estimate of drug-likeness (QED) is 0.279. The second kappa shape index (κ2) is 8.40. The smallest absolute Gasteiger partial charge is 0.187 e. The molecule has 3 aromatic heterocycles. The fraction of sp³-hybridized carbons (Fsp3) is 0. The fourth-order valence-corrected chi connectivity index (χ4v) is 4.15. The van der Waals surface area contributed by atoms with Crippen LogP contribution in [0.1, 0.15) is 22.8 Å². The molecule has 6 rings (SSSR count). The van der Waals surface area contributed by atoms with Gasteiger partial charge in [0.1, 0.15) is 0 Å². The maximum absolute atomic E-state index is 4.78. The van der Waals surface area contributed by atoms with Crippen LogP contribution in [0, 0.1) is 0 Å². The maximum Gasteiger partial charge on any atom is 0.187 e. The second-order valence-corrected chi connectivity index (χ2v) is 8.51. The lowest BCUT2D eigenvalue weighted by molar-refractivity contribution is 1.31.